The third-order valence-electron chi connectivity index (χ3n) is 10.1. The van der Waals surface area contributed by atoms with Crippen LogP contribution < -0.4 is 10.6 Å². The Bertz CT molecular complexity index is 1220. The molecule has 1 aromatic carbocycles. The van der Waals surface area contributed by atoms with Gasteiger partial charge in [0.1, 0.15) is 0 Å². The van der Waals surface area contributed by atoms with E-state index in [0.29, 0.717) is 67.9 Å². The summed E-state index contributed by atoms with van der Waals surface area (Å²) in [5.41, 5.74) is 4.36. The molecule has 2 aromatic rings. The summed E-state index contributed by atoms with van der Waals surface area (Å²) < 4.78 is 13.4. The van der Waals surface area contributed by atoms with E-state index in [4.69, 9.17) is 9.47 Å². The Morgan fingerprint density at radius 2 is 1.75 bits per heavy atom. The van der Waals surface area contributed by atoms with Crippen molar-refractivity contribution < 1.29 is 19.1 Å². The molecule has 0 unspecified atom stereocenters. The number of nitrogens with zero attached hydrogens (tertiary/aromatic N) is 3. The van der Waals surface area contributed by atoms with Crippen molar-refractivity contribution in [3.63, 3.8) is 0 Å². The van der Waals surface area contributed by atoms with Crippen molar-refractivity contribution in [1.29, 1.82) is 0 Å². The second-order valence-electron chi connectivity index (χ2n) is 14.2. The maximum absolute atomic E-state index is 12.6. The Balaban J connectivity index is 1.17. The molecule has 1 saturated carbocycles. The van der Waals surface area contributed by atoms with Gasteiger partial charge in [-0.2, -0.15) is 0 Å². The average Bonchev–Trinajstić information content (AvgIpc) is 3.52. The Kier molecular flexibility index (Phi) is 12.0. The van der Waals surface area contributed by atoms with Crippen molar-refractivity contribution in [2.75, 3.05) is 33.4 Å². The number of carbonyl (C=O) groups is 2. The number of hydrogen-bond donors (Lipinski definition) is 2. The van der Waals surface area contributed by atoms with Gasteiger partial charge in [-0.3, -0.25) is 9.59 Å². The second kappa shape index (κ2) is 15.5. The average molecular weight is 610 g/mol. The molecule has 0 radical (unpaired) electrons. The zero-order chi connectivity index (χ0) is 31.7. The molecule has 1 amide bonds. The third kappa shape index (κ3) is 9.86. The quantitative estimate of drug-likeness (QED) is 0.184. The fraction of sp³-hybridized carbons (Fsp3) is 0.714. The summed E-state index contributed by atoms with van der Waals surface area (Å²) in [4.78, 5) is 24.9. The molecule has 9 heteroatoms. The molecular weight excluding hydrogens is 554 g/mol. The van der Waals surface area contributed by atoms with Crippen LogP contribution in [0.4, 0.5) is 0 Å². The van der Waals surface area contributed by atoms with Gasteiger partial charge >= 0.3 is 5.97 Å². The van der Waals surface area contributed by atoms with Crippen LogP contribution in [0.3, 0.4) is 0 Å². The molecule has 4 rings (SSSR count). The second-order valence-corrected chi connectivity index (χ2v) is 14.2. The highest BCUT2D eigenvalue weighted by atomic mass is 16.5. The zero-order valence-electron chi connectivity index (χ0n) is 27.9. The number of fused-ring (bicyclic) bond motifs is 2. The van der Waals surface area contributed by atoms with E-state index >= 15 is 0 Å². The van der Waals surface area contributed by atoms with Gasteiger partial charge in [0.05, 0.1) is 24.5 Å². The summed E-state index contributed by atoms with van der Waals surface area (Å²) >= 11 is 0. The number of esters is 1. The van der Waals surface area contributed by atoms with Gasteiger partial charge in [0.2, 0.25) is 0 Å². The van der Waals surface area contributed by atoms with E-state index in [1.807, 2.05) is 36.0 Å². The highest BCUT2D eigenvalue weighted by Crippen LogP contribution is 2.53. The maximum Gasteiger partial charge on any atom is 0.305 e. The molecule has 9 nitrogen and oxygen atoms in total. The van der Waals surface area contributed by atoms with Crippen LogP contribution in [0.15, 0.2) is 24.3 Å². The van der Waals surface area contributed by atoms with Gasteiger partial charge in [0.15, 0.2) is 0 Å². The first-order valence-corrected chi connectivity index (χ1v) is 16.7. The van der Waals surface area contributed by atoms with E-state index in [9.17, 15) is 9.59 Å². The summed E-state index contributed by atoms with van der Waals surface area (Å²) in [6.07, 6.45) is 8.15. The lowest BCUT2D eigenvalue weighted by molar-refractivity contribution is -0.144. The maximum atomic E-state index is 12.6. The van der Waals surface area contributed by atoms with Crippen LogP contribution >= 0.6 is 0 Å². The summed E-state index contributed by atoms with van der Waals surface area (Å²) in [6.45, 7) is 14.1. The van der Waals surface area contributed by atoms with Crippen LogP contribution in [0, 0.1) is 23.2 Å². The van der Waals surface area contributed by atoms with E-state index in [1.165, 1.54) is 5.69 Å². The highest BCUT2D eigenvalue weighted by Gasteiger charge is 2.50. The fourth-order valence-electron chi connectivity index (χ4n) is 6.06. The molecule has 2 aliphatic carbocycles. The predicted octanol–water partition coefficient (Wildman–Crippen LogP) is 5.35. The Morgan fingerprint density at radius 1 is 1.02 bits per heavy atom. The van der Waals surface area contributed by atoms with Gasteiger partial charge in [-0.05, 0) is 107 Å². The van der Waals surface area contributed by atoms with Gasteiger partial charge in [-0.1, -0.05) is 44.5 Å². The normalized spacial score (nSPS) is 19.8. The van der Waals surface area contributed by atoms with Crippen LogP contribution in [0.5, 0.6) is 0 Å². The van der Waals surface area contributed by atoms with E-state index in [1.54, 1.807) is 0 Å². The molecule has 0 spiro atoms. The van der Waals surface area contributed by atoms with Crippen molar-refractivity contribution in [1.82, 2.24) is 25.6 Å². The fourth-order valence-corrected chi connectivity index (χ4v) is 6.06. The Hall–Kier alpha value is -2.78. The van der Waals surface area contributed by atoms with Gasteiger partial charge in [0, 0.05) is 37.3 Å². The molecule has 44 heavy (non-hydrogen) atoms. The number of carbonyl (C=O) groups excluding carboxylic acids is 2. The minimum atomic E-state index is -0.108. The van der Waals surface area contributed by atoms with Crippen molar-refractivity contribution >= 4 is 11.9 Å². The van der Waals surface area contributed by atoms with Gasteiger partial charge in [0.25, 0.3) is 5.91 Å². The molecule has 1 heterocycles. The molecule has 0 aliphatic heterocycles. The molecule has 0 saturated heterocycles. The molecule has 1 fully saturated rings. The lowest BCUT2D eigenvalue weighted by Crippen LogP contribution is -2.40. The van der Waals surface area contributed by atoms with E-state index in [-0.39, 0.29) is 17.4 Å². The number of hydrogen-bond acceptors (Lipinski definition) is 7. The monoisotopic (exact) mass is 609 g/mol. The van der Waals surface area contributed by atoms with Crippen molar-refractivity contribution in [3.8, 4) is 0 Å². The van der Waals surface area contributed by atoms with Gasteiger partial charge in [-0.25, -0.2) is 4.68 Å². The number of rotatable bonds is 17. The minimum absolute atomic E-state index is 0.0126. The molecule has 2 N–H and O–H groups in total. The largest absolute Gasteiger partial charge is 0.465 e. The molecule has 0 bridgehead atoms. The van der Waals surface area contributed by atoms with Gasteiger partial charge < -0.3 is 20.1 Å². The van der Waals surface area contributed by atoms with Crippen LogP contribution in [0.1, 0.15) is 107 Å². The summed E-state index contributed by atoms with van der Waals surface area (Å²) in [6, 6.07) is 7.78. The zero-order valence-corrected chi connectivity index (χ0v) is 27.9. The van der Waals surface area contributed by atoms with E-state index in [2.05, 4.69) is 55.6 Å². The Labute approximate surface area is 264 Å². The summed E-state index contributed by atoms with van der Waals surface area (Å²) in [7, 11) is 1.94. The van der Waals surface area contributed by atoms with Crippen LogP contribution in [-0.4, -0.2) is 65.8 Å². The predicted molar refractivity (Wildman–Crippen MR) is 172 cm³/mol. The number of amides is 1. The van der Waals surface area contributed by atoms with Crippen molar-refractivity contribution in [3.05, 3.63) is 46.8 Å². The number of benzene rings is 1. The SMILES string of the molecule is CCC(C)(C)CCOCCCC(=O)OC[C@@H]1[C@@H]2CCc3c(nnn3Cc3ccc(C(=O)NCCC(C)(C)NC)cc3)CC[C@@H]21. The van der Waals surface area contributed by atoms with Crippen LogP contribution in [0.2, 0.25) is 0 Å². The van der Waals surface area contributed by atoms with Gasteiger partial charge in [-0.15, -0.1) is 5.10 Å². The van der Waals surface area contributed by atoms with Crippen LogP contribution in [0.25, 0.3) is 0 Å². The number of nitrogens with one attached hydrogen (secondary N) is 2. The molecule has 244 valence electrons. The van der Waals surface area contributed by atoms with E-state index in [0.717, 1.165) is 62.8 Å². The summed E-state index contributed by atoms with van der Waals surface area (Å²) in [5.74, 6) is 1.50. The molecule has 1 aromatic heterocycles. The van der Waals surface area contributed by atoms with E-state index < -0.39 is 0 Å². The topological polar surface area (TPSA) is 107 Å². The first kappa shape index (κ1) is 34.1. The number of ether oxygens (including phenoxy) is 2. The Morgan fingerprint density at radius 3 is 2.45 bits per heavy atom. The van der Waals surface area contributed by atoms with Crippen molar-refractivity contribution in [2.45, 2.75) is 104 Å². The molecule has 3 atom stereocenters. The minimum Gasteiger partial charge on any atom is -0.465 e. The number of aryl methyl sites for hydroxylation is 1. The smallest absolute Gasteiger partial charge is 0.305 e. The van der Waals surface area contributed by atoms with Crippen molar-refractivity contribution in [2.24, 2.45) is 23.2 Å². The lowest BCUT2D eigenvalue weighted by atomic mass is 9.87. The highest BCUT2D eigenvalue weighted by molar-refractivity contribution is 5.94. The third-order valence-corrected chi connectivity index (χ3v) is 10.1. The summed E-state index contributed by atoms with van der Waals surface area (Å²) in [5, 5.41) is 15.3. The lowest BCUT2D eigenvalue weighted by Gasteiger charge is -2.23. The standard InChI is InChI=1S/C35H55N5O4/c1-7-34(2,3)19-22-43-21-8-9-32(41)44-24-29-27-14-16-30-31(17-15-28(27)29)40(39-38-30)23-25-10-12-26(13-11-25)33(42)37-20-18-35(4,5)36-6/h10-13,27-29,36H,7-9,14-24H2,1-6H3,(H,37,42)/t27-,28+,29-/m0/s1. The van der Waals surface area contributed by atoms with Crippen LogP contribution in [-0.2, 0) is 33.7 Å². The number of aromatic nitrogens is 3. The molecular formula is C35H55N5O4. The first-order valence-electron chi connectivity index (χ1n) is 16.7. The molecule has 2 aliphatic rings. The first-order chi connectivity index (χ1) is 21.0.